The molecule has 0 bridgehead atoms. The molecule has 2 rings (SSSR count). The van der Waals surface area contributed by atoms with Crippen LogP contribution in [0.25, 0.3) is 0 Å². The third-order valence-corrected chi connectivity index (χ3v) is 4.49. The van der Waals surface area contributed by atoms with Gasteiger partial charge in [-0.05, 0) is 42.9 Å². The van der Waals surface area contributed by atoms with Gasteiger partial charge in [-0.2, -0.15) is 0 Å². The first-order valence-corrected chi connectivity index (χ1v) is 7.63. The van der Waals surface area contributed by atoms with Gasteiger partial charge in [0, 0.05) is 17.1 Å². The molecule has 1 aliphatic rings. The van der Waals surface area contributed by atoms with Gasteiger partial charge in [-0.1, -0.05) is 50.4 Å². The number of halogens is 1. The fraction of sp³-hybridized carbons (Fsp3) is 0.625. The average molecular weight is 266 g/mol. The maximum Gasteiger partial charge on any atom is 0.0409 e. The third kappa shape index (κ3) is 3.27. The average Bonchev–Trinajstić information content (AvgIpc) is 2.83. The van der Waals surface area contributed by atoms with Crippen LogP contribution in [-0.2, 0) is 0 Å². The van der Waals surface area contributed by atoms with Crippen molar-refractivity contribution in [3.63, 3.8) is 0 Å². The van der Waals surface area contributed by atoms with Gasteiger partial charge in [-0.15, -0.1) is 0 Å². The largest absolute Gasteiger partial charge is 0.307 e. The number of hydrogen-bond donors (Lipinski definition) is 1. The molecule has 1 aromatic carbocycles. The summed E-state index contributed by atoms with van der Waals surface area (Å²) in [4.78, 5) is 0. The number of benzene rings is 1. The molecule has 100 valence electrons. The number of hydrogen-bond acceptors (Lipinski definition) is 1. The minimum Gasteiger partial charge on any atom is -0.307 e. The van der Waals surface area contributed by atoms with Crippen molar-refractivity contribution >= 4 is 11.6 Å². The highest BCUT2D eigenvalue weighted by Gasteiger charge is 2.27. The molecule has 3 unspecified atom stereocenters. The third-order valence-electron chi connectivity index (χ3n) is 4.26. The Morgan fingerprint density at radius 3 is 2.83 bits per heavy atom. The van der Waals surface area contributed by atoms with Gasteiger partial charge in [0.15, 0.2) is 0 Å². The lowest BCUT2D eigenvalue weighted by Gasteiger charge is -2.26. The molecule has 0 saturated heterocycles. The van der Waals surface area contributed by atoms with E-state index in [1.54, 1.807) is 0 Å². The maximum absolute atomic E-state index is 6.09. The van der Waals surface area contributed by atoms with Crippen LogP contribution < -0.4 is 5.32 Å². The van der Waals surface area contributed by atoms with Crippen molar-refractivity contribution in [1.29, 1.82) is 0 Å². The summed E-state index contributed by atoms with van der Waals surface area (Å²) < 4.78 is 0. The SMILES string of the molecule is CCC(NC1CCCC1CC)c1cccc(Cl)c1. The summed E-state index contributed by atoms with van der Waals surface area (Å²) in [6.45, 7) is 4.56. The predicted octanol–water partition coefficient (Wildman–Crippen LogP) is 4.96. The van der Waals surface area contributed by atoms with E-state index < -0.39 is 0 Å². The monoisotopic (exact) mass is 265 g/mol. The Hall–Kier alpha value is -0.530. The zero-order valence-electron chi connectivity index (χ0n) is 11.5. The molecule has 0 amide bonds. The normalized spacial score (nSPS) is 25.3. The molecule has 1 fully saturated rings. The van der Waals surface area contributed by atoms with Gasteiger partial charge in [0.1, 0.15) is 0 Å². The van der Waals surface area contributed by atoms with Gasteiger partial charge < -0.3 is 5.32 Å². The van der Waals surface area contributed by atoms with E-state index >= 15 is 0 Å². The van der Waals surface area contributed by atoms with Crippen LogP contribution in [0.15, 0.2) is 24.3 Å². The van der Waals surface area contributed by atoms with E-state index in [-0.39, 0.29) is 0 Å². The van der Waals surface area contributed by atoms with Crippen molar-refractivity contribution in [3.8, 4) is 0 Å². The lowest BCUT2D eigenvalue weighted by Crippen LogP contribution is -2.35. The highest BCUT2D eigenvalue weighted by atomic mass is 35.5. The first-order valence-electron chi connectivity index (χ1n) is 7.26. The molecule has 1 N–H and O–H groups in total. The van der Waals surface area contributed by atoms with Crippen molar-refractivity contribution in [2.45, 2.75) is 58.0 Å². The van der Waals surface area contributed by atoms with E-state index in [0.717, 1.165) is 17.4 Å². The van der Waals surface area contributed by atoms with Crippen LogP contribution in [0.1, 0.15) is 57.6 Å². The van der Waals surface area contributed by atoms with Gasteiger partial charge in [0.25, 0.3) is 0 Å². The van der Waals surface area contributed by atoms with E-state index in [1.807, 2.05) is 12.1 Å². The molecule has 2 heteroatoms. The summed E-state index contributed by atoms with van der Waals surface area (Å²) in [5.41, 5.74) is 1.33. The quantitative estimate of drug-likeness (QED) is 0.793. The van der Waals surface area contributed by atoms with E-state index in [1.165, 1.54) is 31.2 Å². The predicted molar refractivity (Wildman–Crippen MR) is 79.0 cm³/mol. The van der Waals surface area contributed by atoms with Crippen LogP contribution in [0.4, 0.5) is 0 Å². The Labute approximate surface area is 116 Å². The van der Waals surface area contributed by atoms with Gasteiger partial charge in [0.2, 0.25) is 0 Å². The second kappa shape index (κ2) is 6.58. The lowest BCUT2D eigenvalue weighted by atomic mass is 9.97. The summed E-state index contributed by atoms with van der Waals surface area (Å²) >= 11 is 6.09. The van der Waals surface area contributed by atoms with Crippen molar-refractivity contribution in [2.75, 3.05) is 0 Å². The first kappa shape index (κ1) is 13.9. The van der Waals surface area contributed by atoms with E-state index in [9.17, 15) is 0 Å². The van der Waals surface area contributed by atoms with Crippen LogP contribution in [0.3, 0.4) is 0 Å². The van der Waals surface area contributed by atoms with Crippen LogP contribution in [-0.4, -0.2) is 6.04 Å². The number of nitrogens with one attached hydrogen (secondary N) is 1. The van der Waals surface area contributed by atoms with Crippen LogP contribution in [0.2, 0.25) is 5.02 Å². The molecular formula is C16H24ClN. The molecule has 1 aromatic rings. The summed E-state index contributed by atoms with van der Waals surface area (Å²) in [6, 6.07) is 9.41. The van der Waals surface area contributed by atoms with E-state index in [2.05, 4.69) is 31.3 Å². The molecule has 1 nitrogen and oxygen atoms in total. The zero-order chi connectivity index (χ0) is 13.0. The highest BCUT2D eigenvalue weighted by molar-refractivity contribution is 6.30. The van der Waals surface area contributed by atoms with Crippen molar-refractivity contribution < 1.29 is 0 Å². The second-order valence-electron chi connectivity index (χ2n) is 5.39. The van der Waals surface area contributed by atoms with Gasteiger partial charge in [-0.25, -0.2) is 0 Å². The molecule has 0 heterocycles. The molecule has 0 radical (unpaired) electrons. The molecule has 0 spiro atoms. The lowest BCUT2D eigenvalue weighted by molar-refractivity contribution is 0.345. The Morgan fingerprint density at radius 1 is 1.33 bits per heavy atom. The molecule has 1 aliphatic carbocycles. The molecule has 3 atom stereocenters. The smallest absolute Gasteiger partial charge is 0.0409 e. The van der Waals surface area contributed by atoms with Crippen LogP contribution in [0.5, 0.6) is 0 Å². The highest BCUT2D eigenvalue weighted by Crippen LogP contribution is 2.31. The van der Waals surface area contributed by atoms with Gasteiger partial charge >= 0.3 is 0 Å². The van der Waals surface area contributed by atoms with E-state index in [4.69, 9.17) is 11.6 Å². The first-order chi connectivity index (χ1) is 8.74. The topological polar surface area (TPSA) is 12.0 Å². The molecule has 0 aliphatic heterocycles. The fourth-order valence-electron chi connectivity index (χ4n) is 3.18. The Morgan fingerprint density at radius 2 is 2.17 bits per heavy atom. The summed E-state index contributed by atoms with van der Waals surface area (Å²) in [6.07, 6.45) is 6.51. The zero-order valence-corrected chi connectivity index (χ0v) is 12.2. The van der Waals surface area contributed by atoms with Crippen molar-refractivity contribution in [3.05, 3.63) is 34.9 Å². The van der Waals surface area contributed by atoms with E-state index in [0.29, 0.717) is 12.1 Å². The Kier molecular flexibility index (Phi) is 5.08. The standard InChI is InChI=1S/C16H24ClN/c1-3-12-7-6-10-16(12)18-15(4-2)13-8-5-9-14(17)11-13/h5,8-9,11-12,15-16,18H,3-4,6-7,10H2,1-2H3. The summed E-state index contributed by atoms with van der Waals surface area (Å²) in [5, 5.41) is 4.69. The second-order valence-corrected chi connectivity index (χ2v) is 5.82. The van der Waals surface area contributed by atoms with Crippen molar-refractivity contribution in [1.82, 2.24) is 5.32 Å². The summed E-state index contributed by atoms with van der Waals surface area (Å²) in [5.74, 6) is 0.859. The summed E-state index contributed by atoms with van der Waals surface area (Å²) in [7, 11) is 0. The van der Waals surface area contributed by atoms with Gasteiger partial charge in [0.05, 0.1) is 0 Å². The molecular weight excluding hydrogens is 242 g/mol. The van der Waals surface area contributed by atoms with Crippen LogP contribution >= 0.6 is 11.6 Å². The molecule has 18 heavy (non-hydrogen) atoms. The van der Waals surface area contributed by atoms with Crippen molar-refractivity contribution in [2.24, 2.45) is 5.92 Å². The molecule has 0 aromatic heterocycles. The Balaban J connectivity index is 2.05. The molecule has 1 saturated carbocycles. The fourth-order valence-corrected chi connectivity index (χ4v) is 3.38. The van der Waals surface area contributed by atoms with Crippen LogP contribution in [0, 0.1) is 5.92 Å². The van der Waals surface area contributed by atoms with Gasteiger partial charge in [-0.3, -0.25) is 0 Å². The minimum atomic E-state index is 0.445. The maximum atomic E-state index is 6.09. The Bertz CT molecular complexity index is 377. The minimum absolute atomic E-state index is 0.445. The number of rotatable bonds is 5.